The number of carbonyl (C=O) groups excluding carboxylic acids is 1. The Kier molecular flexibility index (Phi) is 7.89. The Balaban J connectivity index is 2.25. The molecule has 0 N–H and O–H groups in total. The molecule has 0 aliphatic rings. The van der Waals surface area contributed by atoms with Crippen molar-refractivity contribution in [1.29, 1.82) is 0 Å². The van der Waals surface area contributed by atoms with Crippen molar-refractivity contribution in [3.05, 3.63) is 53.6 Å². The molecule has 0 aliphatic heterocycles. The molecule has 0 atom stereocenters. The van der Waals surface area contributed by atoms with Crippen LogP contribution in [-0.2, 0) is 0 Å². The number of hydrogen-bond acceptors (Lipinski definition) is 6. The normalized spacial score (nSPS) is 10.9. The zero-order chi connectivity index (χ0) is 20.5. The van der Waals surface area contributed by atoms with Gasteiger partial charge in [0.15, 0.2) is 17.3 Å². The van der Waals surface area contributed by atoms with Crippen molar-refractivity contribution in [1.82, 2.24) is 4.90 Å². The van der Waals surface area contributed by atoms with E-state index >= 15 is 0 Å². The van der Waals surface area contributed by atoms with Crippen molar-refractivity contribution in [2.45, 2.75) is 0 Å². The van der Waals surface area contributed by atoms with E-state index in [1.165, 1.54) is 27.4 Å². The standard InChI is InChI=1S/C22H27NO5/c1-23(2)14-15-28-19-9-7-6-8-16(19)10-12-18(24)17-11-13-20(25-3)22(27-5)21(17)26-4/h6-13H,14-15H2,1-5H3. The molecule has 0 unspecified atom stereocenters. The van der Waals surface area contributed by atoms with E-state index in [0.29, 0.717) is 29.4 Å². The summed E-state index contributed by atoms with van der Waals surface area (Å²) in [4.78, 5) is 14.8. The van der Waals surface area contributed by atoms with Crippen LogP contribution in [0.2, 0.25) is 0 Å². The first-order chi connectivity index (χ1) is 13.5. The third-order valence-electron chi connectivity index (χ3n) is 4.10. The SMILES string of the molecule is COc1ccc(C(=O)C=Cc2ccccc2OCCN(C)C)c(OC)c1OC. The van der Waals surface area contributed by atoms with Crippen LogP contribution in [0.1, 0.15) is 15.9 Å². The topological polar surface area (TPSA) is 57.2 Å². The minimum Gasteiger partial charge on any atom is -0.493 e. The van der Waals surface area contributed by atoms with Gasteiger partial charge in [0.25, 0.3) is 0 Å². The van der Waals surface area contributed by atoms with Gasteiger partial charge in [0, 0.05) is 12.1 Å². The van der Waals surface area contributed by atoms with E-state index in [2.05, 4.69) is 0 Å². The summed E-state index contributed by atoms with van der Waals surface area (Å²) in [5.41, 5.74) is 1.22. The van der Waals surface area contributed by atoms with Gasteiger partial charge in [-0.2, -0.15) is 0 Å². The molecular weight excluding hydrogens is 358 g/mol. The third-order valence-corrected chi connectivity index (χ3v) is 4.10. The van der Waals surface area contributed by atoms with Crippen LogP contribution in [0.3, 0.4) is 0 Å². The van der Waals surface area contributed by atoms with Crippen molar-refractivity contribution in [2.75, 3.05) is 48.6 Å². The highest BCUT2D eigenvalue weighted by molar-refractivity contribution is 6.09. The predicted molar refractivity (Wildman–Crippen MR) is 110 cm³/mol. The van der Waals surface area contributed by atoms with Crippen LogP contribution in [-0.4, -0.2) is 59.3 Å². The van der Waals surface area contributed by atoms with E-state index in [1.807, 2.05) is 43.3 Å². The maximum atomic E-state index is 12.8. The van der Waals surface area contributed by atoms with Gasteiger partial charge in [-0.3, -0.25) is 4.79 Å². The second-order valence-corrected chi connectivity index (χ2v) is 6.27. The van der Waals surface area contributed by atoms with Gasteiger partial charge in [0.2, 0.25) is 5.75 Å². The van der Waals surface area contributed by atoms with Crippen molar-refractivity contribution in [2.24, 2.45) is 0 Å². The Bertz CT molecular complexity index is 830. The van der Waals surface area contributed by atoms with Gasteiger partial charge in [-0.25, -0.2) is 0 Å². The van der Waals surface area contributed by atoms with E-state index < -0.39 is 0 Å². The minimum absolute atomic E-state index is 0.208. The van der Waals surface area contributed by atoms with Crippen molar-refractivity contribution >= 4 is 11.9 Å². The summed E-state index contributed by atoms with van der Waals surface area (Å²) in [6, 6.07) is 10.9. The molecule has 0 bridgehead atoms. The van der Waals surface area contributed by atoms with E-state index in [4.69, 9.17) is 18.9 Å². The molecule has 0 amide bonds. The van der Waals surface area contributed by atoms with E-state index in [1.54, 1.807) is 18.2 Å². The molecular formula is C22H27NO5. The maximum Gasteiger partial charge on any atom is 0.204 e. The Labute approximate surface area is 166 Å². The summed E-state index contributed by atoms with van der Waals surface area (Å²) >= 11 is 0. The molecule has 2 aromatic rings. The van der Waals surface area contributed by atoms with E-state index in [-0.39, 0.29) is 5.78 Å². The highest BCUT2D eigenvalue weighted by Crippen LogP contribution is 2.40. The van der Waals surface area contributed by atoms with Crippen LogP contribution in [0.4, 0.5) is 0 Å². The number of allylic oxidation sites excluding steroid dienone is 1. The minimum atomic E-state index is -0.208. The molecule has 0 fully saturated rings. The Morgan fingerprint density at radius 1 is 0.929 bits per heavy atom. The lowest BCUT2D eigenvalue weighted by atomic mass is 10.1. The summed E-state index contributed by atoms with van der Waals surface area (Å²) < 4.78 is 21.8. The fourth-order valence-electron chi connectivity index (χ4n) is 2.64. The second kappa shape index (κ2) is 10.4. The molecule has 0 heterocycles. The van der Waals surface area contributed by atoms with E-state index in [0.717, 1.165) is 17.9 Å². The van der Waals surface area contributed by atoms with Crippen LogP contribution < -0.4 is 18.9 Å². The Hall–Kier alpha value is -2.99. The molecule has 0 aromatic heterocycles. The van der Waals surface area contributed by atoms with Crippen LogP contribution >= 0.6 is 0 Å². The molecule has 0 radical (unpaired) electrons. The number of ether oxygens (including phenoxy) is 4. The number of ketones is 1. The monoisotopic (exact) mass is 385 g/mol. The average Bonchev–Trinajstić information content (AvgIpc) is 2.71. The molecule has 6 nitrogen and oxygen atoms in total. The molecule has 28 heavy (non-hydrogen) atoms. The fraction of sp³-hybridized carbons (Fsp3) is 0.318. The van der Waals surface area contributed by atoms with Crippen LogP contribution in [0, 0.1) is 0 Å². The molecule has 0 saturated carbocycles. The molecule has 6 heteroatoms. The number of para-hydroxylation sites is 1. The summed E-state index contributed by atoms with van der Waals surface area (Å²) in [5, 5.41) is 0. The predicted octanol–water partition coefficient (Wildman–Crippen LogP) is 3.55. The molecule has 150 valence electrons. The van der Waals surface area contributed by atoms with Gasteiger partial charge in [0.1, 0.15) is 12.4 Å². The number of hydrogen-bond donors (Lipinski definition) is 0. The van der Waals surface area contributed by atoms with Crippen molar-refractivity contribution < 1.29 is 23.7 Å². The van der Waals surface area contributed by atoms with Gasteiger partial charge < -0.3 is 23.8 Å². The Morgan fingerprint density at radius 2 is 1.64 bits per heavy atom. The van der Waals surface area contributed by atoms with Crippen molar-refractivity contribution in [3.63, 3.8) is 0 Å². The highest BCUT2D eigenvalue weighted by Gasteiger charge is 2.19. The summed E-state index contributed by atoms with van der Waals surface area (Å²) in [6.07, 6.45) is 3.24. The lowest BCUT2D eigenvalue weighted by molar-refractivity contribution is 0.104. The summed E-state index contributed by atoms with van der Waals surface area (Å²) in [7, 11) is 8.51. The number of likely N-dealkylation sites (N-methyl/N-ethyl adjacent to an activating group) is 1. The first-order valence-electron chi connectivity index (χ1n) is 8.89. The van der Waals surface area contributed by atoms with Gasteiger partial charge in [0.05, 0.1) is 26.9 Å². The van der Waals surface area contributed by atoms with Crippen LogP contribution in [0.25, 0.3) is 6.08 Å². The van der Waals surface area contributed by atoms with Crippen LogP contribution in [0.5, 0.6) is 23.0 Å². The zero-order valence-electron chi connectivity index (χ0n) is 17.0. The van der Waals surface area contributed by atoms with Gasteiger partial charge in [-0.1, -0.05) is 18.2 Å². The first kappa shape index (κ1) is 21.3. The molecule has 0 spiro atoms. The van der Waals surface area contributed by atoms with Gasteiger partial charge >= 0.3 is 0 Å². The van der Waals surface area contributed by atoms with Gasteiger partial charge in [-0.15, -0.1) is 0 Å². The Morgan fingerprint density at radius 3 is 2.29 bits per heavy atom. The number of carbonyl (C=O) groups is 1. The quantitative estimate of drug-likeness (QED) is 0.461. The maximum absolute atomic E-state index is 12.8. The lowest BCUT2D eigenvalue weighted by Crippen LogP contribution is -2.19. The largest absolute Gasteiger partial charge is 0.493 e. The average molecular weight is 385 g/mol. The lowest BCUT2D eigenvalue weighted by Gasteiger charge is -2.14. The zero-order valence-corrected chi connectivity index (χ0v) is 17.0. The summed E-state index contributed by atoms with van der Waals surface area (Å²) in [6.45, 7) is 1.37. The highest BCUT2D eigenvalue weighted by atomic mass is 16.5. The van der Waals surface area contributed by atoms with E-state index in [9.17, 15) is 4.79 Å². The van der Waals surface area contributed by atoms with Crippen molar-refractivity contribution in [3.8, 4) is 23.0 Å². The van der Waals surface area contributed by atoms with Crippen LogP contribution in [0.15, 0.2) is 42.5 Å². The summed E-state index contributed by atoms with van der Waals surface area (Å²) in [5.74, 6) is 1.75. The number of nitrogens with zero attached hydrogens (tertiary/aromatic N) is 1. The molecule has 0 aliphatic carbocycles. The molecule has 2 aromatic carbocycles. The second-order valence-electron chi connectivity index (χ2n) is 6.27. The number of benzene rings is 2. The smallest absolute Gasteiger partial charge is 0.204 e. The molecule has 2 rings (SSSR count). The third kappa shape index (κ3) is 5.27. The molecule has 0 saturated heterocycles. The number of rotatable bonds is 10. The fourth-order valence-corrected chi connectivity index (χ4v) is 2.64. The van der Waals surface area contributed by atoms with Gasteiger partial charge in [-0.05, 0) is 44.4 Å². The number of methoxy groups -OCH3 is 3. The first-order valence-corrected chi connectivity index (χ1v) is 8.89.